The first-order valence-corrected chi connectivity index (χ1v) is 5.50. The Labute approximate surface area is 96.9 Å². The number of alkyl halides is 1. The number of hydrogen-bond donors (Lipinski definition) is 1. The molecule has 0 amide bonds. The van der Waals surface area contributed by atoms with E-state index in [0.29, 0.717) is 6.42 Å². The van der Waals surface area contributed by atoms with Crippen LogP contribution in [0.4, 0.5) is 5.69 Å². The standard InChI is InChI=1S/C10H11ClN2.C2H6/c1-13-10-4-2-8(3-5-10)6-9(11)7-12;1-2/h2-5,9,13H,6H2,1H3;1-2H3. The second kappa shape index (κ2) is 8.14. The lowest BCUT2D eigenvalue weighted by Gasteiger charge is -2.03. The third-order valence-corrected chi connectivity index (χ3v) is 2.05. The van der Waals surface area contributed by atoms with Crippen molar-refractivity contribution in [3.63, 3.8) is 0 Å². The summed E-state index contributed by atoms with van der Waals surface area (Å²) in [5.74, 6) is 0. The zero-order valence-corrected chi connectivity index (χ0v) is 10.2. The number of rotatable bonds is 3. The number of benzene rings is 1. The molecule has 0 aliphatic rings. The van der Waals surface area contributed by atoms with Crippen molar-refractivity contribution in [3.8, 4) is 6.07 Å². The predicted octanol–water partition coefficient (Wildman–Crippen LogP) is 3.43. The van der Waals surface area contributed by atoms with E-state index in [2.05, 4.69) is 5.32 Å². The molecule has 0 radical (unpaired) electrons. The van der Waals surface area contributed by atoms with Crippen LogP contribution in [-0.4, -0.2) is 12.4 Å². The lowest BCUT2D eigenvalue weighted by atomic mass is 10.1. The van der Waals surface area contributed by atoms with E-state index in [1.54, 1.807) is 0 Å². The van der Waals surface area contributed by atoms with Crippen LogP contribution in [0.25, 0.3) is 0 Å². The van der Waals surface area contributed by atoms with E-state index in [-0.39, 0.29) is 0 Å². The minimum absolute atomic E-state index is 0.430. The fraction of sp³-hybridized carbons (Fsp3) is 0.417. The van der Waals surface area contributed by atoms with Crippen molar-refractivity contribution in [2.45, 2.75) is 25.6 Å². The van der Waals surface area contributed by atoms with Gasteiger partial charge >= 0.3 is 0 Å². The largest absolute Gasteiger partial charge is 0.388 e. The molecule has 0 fully saturated rings. The first-order chi connectivity index (χ1) is 7.26. The van der Waals surface area contributed by atoms with Gasteiger partial charge in [0.05, 0.1) is 6.07 Å². The van der Waals surface area contributed by atoms with Crippen LogP contribution in [0.5, 0.6) is 0 Å². The van der Waals surface area contributed by atoms with E-state index >= 15 is 0 Å². The van der Waals surface area contributed by atoms with Crippen molar-refractivity contribution in [2.75, 3.05) is 12.4 Å². The number of nitrogens with one attached hydrogen (secondary N) is 1. The maximum Gasteiger partial charge on any atom is 0.124 e. The highest BCUT2D eigenvalue weighted by atomic mass is 35.5. The van der Waals surface area contributed by atoms with Crippen molar-refractivity contribution >= 4 is 17.3 Å². The zero-order chi connectivity index (χ0) is 11.7. The SMILES string of the molecule is CC.CNc1ccc(CC(Cl)C#N)cc1. The molecule has 3 heteroatoms. The summed E-state index contributed by atoms with van der Waals surface area (Å²) in [7, 11) is 1.87. The van der Waals surface area contributed by atoms with Crippen LogP contribution >= 0.6 is 11.6 Å². The second-order valence-corrected chi connectivity index (χ2v) is 3.27. The number of anilines is 1. The van der Waals surface area contributed by atoms with Crippen molar-refractivity contribution in [1.29, 1.82) is 5.26 Å². The van der Waals surface area contributed by atoms with Gasteiger partial charge in [-0.25, -0.2) is 0 Å². The molecule has 0 bridgehead atoms. The molecule has 1 N–H and O–H groups in total. The van der Waals surface area contributed by atoms with Gasteiger partial charge in [-0.2, -0.15) is 5.26 Å². The number of nitrogens with zero attached hydrogens (tertiary/aromatic N) is 1. The van der Waals surface area contributed by atoms with Crippen molar-refractivity contribution < 1.29 is 0 Å². The van der Waals surface area contributed by atoms with Gasteiger partial charge in [0.1, 0.15) is 5.38 Å². The van der Waals surface area contributed by atoms with Crippen LogP contribution < -0.4 is 5.32 Å². The van der Waals surface area contributed by atoms with Gasteiger partial charge in [-0.05, 0) is 17.7 Å². The molecular formula is C12H17ClN2. The summed E-state index contributed by atoms with van der Waals surface area (Å²) in [4.78, 5) is 0. The summed E-state index contributed by atoms with van der Waals surface area (Å²) in [6.07, 6.45) is 0.599. The molecule has 1 unspecified atom stereocenters. The average Bonchev–Trinajstić information content (AvgIpc) is 2.32. The summed E-state index contributed by atoms with van der Waals surface area (Å²) >= 11 is 5.70. The van der Waals surface area contributed by atoms with Gasteiger partial charge in [0.15, 0.2) is 0 Å². The Morgan fingerprint density at radius 3 is 2.27 bits per heavy atom. The fourth-order valence-electron chi connectivity index (χ4n) is 1.06. The third-order valence-electron chi connectivity index (χ3n) is 1.80. The van der Waals surface area contributed by atoms with Crippen LogP contribution in [0.1, 0.15) is 19.4 Å². The number of hydrogen-bond acceptors (Lipinski definition) is 2. The van der Waals surface area contributed by atoms with Gasteiger partial charge in [0, 0.05) is 19.2 Å². The molecule has 82 valence electrons. The molecule has 1 rings (SSSR count). The van der Waals surface area contributed by atoms with Gasteiger partial charge in [0.2, 0.25) is 0 Å². The van der Waals surface area contributed by atoms with Crippen molar-refractivity contribution in [2.24, 2.45) is 0 Å². The van der Waals surface area contributed by atoms with Crippen LogP contribution in [0.15, 0.2) is 24.3 Å². The van der Waals surface area contributed by atoms with Crippen LogP contribution in [0, 0.1) is 11.3 Å². The summed E-state index contributed by atoms with van der Waals surface area (Å²) in [6, 6.07) is 9.87. The molecule has 0 spiro atoms. The quantitative estimate of drug-likeness (QED) is 0.799. The molecule has 0 saturated carbocycles. The molecule has 1 aromatic carbocycles. The second-order valence-electron chi connectivity index (χ2n) is 2.75. The Balaban J connectivity index is 0.000000921. The monoisotopic (exact) mass is 224 g/mol. The molecule has 0 heterocycles. The van der Waals surface area contributed by atoms with Crippen LogP contribution in [0.3, 0.4) is 0 Å². The van der Waals surface area contributed by atoms with Gasteiger partial charge in [0.25, 0.3) is 0 Å². The van der Waals surface area contributed by atoms with Gasteiger partial charge < -0.3 is 5.32 Å². The Morgan fingerprint density at radius 1 is 1.33 bits per heavy atom. The summed E-state index contributed by atoms with van der Waals surface area (Å²) in [5.41, 5.74) is 2.15. The van der Waals surface area contributed by atoms with E-state index in [0.717, 1.165) is 11.3 Å². The molecule has 0 saturated heterocycles. The normalized spacial score (nSPS) is 10.6. The third kappa shape index (κ3) is 5.29. The van der Waals surface area contributed by atoms with E-state index in [1.165, 1.54) is 0 Å². The van der Waals surface area contributed by atoms with E-state index in [1.807, 2.05) is 51.2 Å². The topological polar surface area (TPSA) is 35.8 Å². The van der Waals surface area contributed by atoms with Crippen molar-refractivity contribution in [3.05, 3.63) is 29.8 Å². The highest BCUT2D eigenvalue weighted by molar-refractivity contribution is 6.22. The Morgan fingerprint density at radius 2 is 1.87 bits per heavy atom. The minimum Gasteiger partial charge on any atom is -0.388 e. The first kappa shape index (κ1) is 13.8. The predicted molar refractivity (Wildman–Crippen MR) is 66.3 cm³/mol. The average molecular weight is 225 g/mol. The molecule has 1 atom stereocenters. The van der Waals surface area contributed by atoms with E-state index < -0.39 is 5.38 Å². The maximum atomic E-state index is 8.50. The summed E-state index contributed by atoms with van der Waals surface area (Å²) in [6.45, 7) is 4.00. The molecule has 1 aromatic rings. The molecule has 0 aliphatic carbocycles. The zero-order valence-electron chi connectivity index (χ0n) is 9.42. The molecular weight excluding hydrogens is 208 g/mol. The Hall–Kier alpha value is -1.20. The minimum atomic E-state index is -0.430. The van der Waals surface area contributed by atoms with E-state index in [4.69, 9.17) is 16.9 Å². The summed E-state index contributed by atoms with van der Waals surface area (Å²) < 4.78 is 0. The van der Waals surface area contributed by atoms with Gasteiger partial charge in [-0.1, -0.05) is 26.0 Å². The van der Waals surface area contributed by atoms with Crippen LogP contribution in [0.2, 0.25) is 0 Å². The van der Waals surface area contributed by atoms with E-state index in [9.17, 15) is 0 Å². The summed E-state index contributed by atoms with van der Waals surface area (Å²) in [5, 5.41) is 11.1. The van der Waals surface area contributed by atoms with Gasteiger partial charge in [-0.15, -0.1) is 11.6 Å². The lowest BCUT2D eigenvalue weighted by molar-refractivity contribution is 1.02. The number of nitriles is 1. The maximum absolute atomic E-state index is 8.50. The Kier molecular flexibility index (Phi) is 7.49. The molecule has 0 aromatic heterocycles. The number of halogens is 1. The fourth-order valence-corrected chi connectivity index (χ4v) is 1.24. The van der Waals surface area contributed by atoms with Gasteiger partial charge in [-0.3, -0.25) is 0 Å². The molecule has 2 nitrogen and oxygen atoms in total. The first-order valence-electron chi connectivity index (χ1n) is 5.06. The smallest absolute Gasteiger partial charge is 0.124 e. The lowest BCUT2D eigenvalue weighted by Crippen LogP contribution is -1.99. The highest BCUT2D eigenvalue weighted by Gasteiger charge is 2.02. The van der Waals surface area contributed by atoms with Crippen LogP contribution in [-0.2, 0) is 6.42 Å². The molecule has 15 heavy (non-hydrogen) atoms. The molecule has 0 aliphatic heterocycles. The Bertz CT molecular complexity index is 300. The highest BCUT2D eigenvalue weighted by Crippen LogP contribution is 2.11. The van der Waals surface area contributed by atoms with Crippen molar-refractivity contribution in [1.82, 2.24) is 0 Å².